The first-order chi connectivity index (χ1) is 11.8. The summed E-state index contributed by atoms with van der Waals surface area (Å²) in [6.45, 7) is 8.65. The summed E-state index contributed by atoms with van der Waals surface area (Å²) < 4.78 is 10.9. The maximum absolute atomic E-state index is 12.3. The first-order valence-corrected chi connectivity index (χ1v) is 8.32. The number of hydrogen-bond donors (Lipinski definition) is 1. The van der Waals surface area contributed by atoms with Crippen LogP contribution in [0.2, 0.25) is 0 Å². The lowest BCUT2D eigenvalue weighted by atomic mass is 9.88. The molecule has 0 aliphatic heterocycles. The molecule has 1 aromatic carbocycles. The van der Waals surface area contributed by atoms with Crippen molar-refractivity contribution < 1.29 is 14.3 Å². The molecule has 25 heavy (non-hydrogen) atoms. The molecule has 1 amide bonds. The monoisotopic (exact) mass is 342 g/mol. The van der Waals surface area contributed by atoms with E-state index in [0.717, 1.165) is 11.3 Å². The van der Waals surface area contributed by atoms with Gasteiger partial charge in [-0.05, 0) is 36.1 Å². The molecule has 0 aliphatic carbocycles. The van der Waals surface area contributed by atoms with E-state index < -0.39 is 0 Å². The fourth-order valence-electron chi connectivity index (χ4n) is 2.02. The molecule has 1 atom stereocenters. The molecule has 1 N–H and O–H groups in total. The normalized spacial score (nSPS) is 12.4. The van der Waals surface area contributed by atoms with E-state index in [9.17, 15) is 4.79 Å². The van der Waals surface area contributed by atoms with Crippen LogP contribution in [0.25, 0.3) is 0 Å². The molecular weight excluding hydrogens is 316 g/mol. The molecule has 1 heterocycles. The number of carbonyl (C=O) groups is 1. The van der Waals surface area contributed by atoms with Crippen LogP contribution in [-0.4, -0.2) is 24.0 Å². The number of amides is 1. The molecule has 2 aromatic rings. The summed E-state index contributed by atoms with van der Waals surface area (Å²) in [4.78, 5) is 16.5. The van der Waals surface area contributed by atoms with Gasteiger partial charge in [-0.1, -0.05) is 32.9 Å². The lowest BCUT2D eigenvalue weighted by molar-refractivity contribution is 0.0909. The van der Waals surface area contributed by atoms with Crippen molar-refractivity contribution in [2.75, 3.05) is 7.11 Å². The Morgan fingerprint density at radius 1 is 1.24 bits per heavy atom. The molecule has 0 radical (unpaired) electrons. The maximum atomic E-state index is 12.3. The number of carbonyl (C=O) groups excluding carboxylic acids is 1. The zero-order valence-corrected chi connectivity index (χ0v) is 15.5. The third kappa shape index (κ3) is 5.48. The summed E-state index contributed by atoms with van der Waals surface area (Å²) in [7, 11) is 1.63. The van der Waals surface area contributed by atoms with Gasteiger partial charge in [0.25, 0.3) is 5.91 Å². The predicted molar refractivity (Wildman–Crippen MR) is 97.9 cm³/mol. The molecule has 1 aromatic heterocycles. The number of rotatable bonds is 6. The second-order valence-electron chi connectivity index (χ2n) is 7.09. The second-order valence-corrected chi connectivity index (χ2v) is 7.09. The van der Waals surface area contributed by atoms with Crippen molar-refractivity contribution in [3.63, 3.8) is 0 Å². The standard InChI is InChI=1S/C20H26N2O3/c1-14(20(2,3)4)22-19(23)16-9-10-18(21-12-16)25-13-15-7-6-8-17(11-15)24-5/h6-12,14H,13H2,1-5H3,(H,22,23)/t14-/m1/s1. The highest BCUT2D eigenvalue weighted by Gasteiger charge is 2.22. The molecule has 0 unspecified atom stereocenters. The van der Waals surface area contributed by atoms with E-state index in [1.165, 1.54) is 6.20 Å². The summed E-state index contributed by atoms with van der Waals surface area (Å²) in [6.07, 6.45) is 1.53. The Labute approximate surface area is 149 Å². The highest BCUT2D eigenvalue weighted by molar-refractivity contribution is 5.94. The summed E-state index contributed by atoms with van der Waals surface area (Å²) >= 11 is 0. The molecule has 5 nitrogen and oxygen atoms in total. The van der Waals surface area contributed by atoms with E-state index in [1.54, 1.807) is 19.2 Å². The Morgan fingerprint density at radius 2 is 2.00 bits per heavy atom. The first-order valence-electron chi connectivity index (χ1n) is 8.32. The third-order valence-corrected chi connectivity index (χ3v) is 4.17. The van der Waals surface area contributed by atoms with Gasteiger partial charge in [0, 0.05) is 18.3 Å². The zero-order chi connectivity index (χ0) is 18.4. The maximum Gasteiger partial charge on any atom is 0.253 e. The zero-order valence-electron chi connectivity index (χ0n) is 15.5. The summed E-state index contributed by atoms with van der Waals surface area (Å²) in [5.41, 5.74) is 1.51. The van der Waals surface area contributed by atoms with Crippen LogP contribution in [0.3, 0.4) is 0 Å². The molecule has 0 aliphatic rings. The van der Waals surface area contributed by atoms with Gasteiger partial charge in [-0.15, -0.1) is 0 Å². The van der Waals surface area contributed by atoms with Crippen LogP contribution >= 0.6 is 0 Å². The lowest BCUT2D eigenvalue weighted by Crippen LogP contribution is -2.41. The van der Waals surface area contributed by atoms with E-state index in [1.807, 2.05) is 31.2 Å². The lowest BCUT2D eigenvalue weighted by Gasteiger charge is -2.28. The van der Waals surface area contributed by atoms with E-state index in [-0.39, 0.29) is 17.4 Å². The molecular formula is C20H26N2O3. The van der Waals surface area contributed by atoms with Gasteiger partial charge in [0.1, 0.15) is 12.4 Å². The van der Waals surface area contributed by atoms with Gasteiger partial charge in [0.2, 0.25) is 5.88 Å². The summed E-state index contributed by atoms with van der Waals surface area (Å²) in [5, 5.41) is 2.99. The number of methoxy groups -OCH3 is 1. The van der Waals surface area contributed by atoms with Crippen LogP contribution in [-0.2, 0) is 6.61 Å². The predicted octanol–water partition coefficient (Wildman–Crippen LogP) is 3.83. The molecule has 0 saturated heterocycles. The minimum Gasteiger partial charge on any atom is -0.497 e. The van der Waals surface area contributed by atoms with Crippen LogP contribution in [0.15, 0.2) is 42.6 Å². The van der Waals surface area contributed by atoms with Gasteiger partial charge >= 0.3 is 0 Å². The number of ether oxygens (including phenoxy) is 2. The average Bonchev–Trinajstić information content (AvgIpc) is 2.59. The van der Waals surface area contributed by atoms with Crippen LogP contribution in [0.5, 0.6) is 11.6 Å². The largest absolute Gasteiger partial charge is 0.497 e. The fourth-order valence-corrected chi connectivity index (χ4v) is 2.02. The van der Waals surface area contributed by atoms with Crippen molar-refractivity contribution in [1.82, 2.24) is 10.3 Å². The Kier molecular flexibility index (Phi) is 6.02. The fraction of sp³-hybridized carbons (Fsp3) is 0.400. The van der Waals surface area contributed by atoms with E-state index in [0.29, 0.717) is 18.1 Å². The van der Waals surface area contributed by atoms with E-state index in [4.69, 9.17) is 9.47 Å². The highest BCUT2D eigenvalue weighted by atomic mass is 16.5. The van der Waals surface area contributed by atoms with Crippen LogP contribution in [0.1, 0.15) is 43.6 Å². The van der Waals surface area contributed by atoms with Gasteiger partial charge in [0.15, 0.2) is 0 Å². The number of hydrogen-bond acceptors (Lipinski definition) is 4. The van der Waals surface area contributed by atoms with Gasteiger partial charge < -0.3 is 14.8 Å². The summed E-state index contributed by atoms with van der Waals surface area (Å²) in [5.74, 6) is 1.13. The minimum absolute atomic E-state index is 0.00286. The van der Waals surface area contributed by atoms with Crippen LogP contribution in [0.4, 0.5) is 0 Å². The molecule has 0 bridgehead atoms. The van der Waals surface area contributed by atoms with Crippen molar-refractivity contribution in [1.29, 1.82) is 0 Å². The topological polar surface area (TPSA) is 60.5 Å². The van der Waals surface area contributed by atoms with Crippen LogP contribution in [0, 0.1) is 5.41 Å². The quantitative estimate of drug-likeness (QED) is 0.866. The van der Waals surface area contributed by atoms with Gasteiger partial charge in [-0.2, -0.15) is 0 Å². The van der Waals surface area contributed by atoms with Crippen molar-refractivity contribution in [2.24, 2.45) is 5.41 Å². The van der Waals surface area contributed by atoms with Crippen molar-refractivity contribution in [3.8, 4) is 11.6 Å². The minimum atomic E-state index is -0.130. The third-order valence-electron chi connectivity index (χ3n) is 4.17. The Balaban J connectivity index is 1.94. The Morgan fingerprint density at radius 3 is 2.60 bits per heavy atom. The SMILES string of the molecule is COc1cccc(COc2ccc(C(=O)N[C@H](C)C(C)(C)C)cn2)c1. The van der Waals surface area contributed by atoms with E-state index in [2.05, 4.69) is 31.1 Å². The van der Waals surface area contributed by atoms with Gasteiger partial charge in [-0.3, -0.25) is 4.79 Å². The molecule has 0 spiro atoms. The number of nitrogens with one attached hydrogen (secondary N) is 1. The average molecular weight is 342 g/mol. The number of benzene rings is 1. The molecule has 0 saturated carbocycles. The van der Waals surface area contributed by atoms with Crippen molar-refractivity contribution in [3.05, 3.63) is 53.7 Å². The van der Waals surface area contributed by atoms with E-state index >= 15 is 0 Å². The Hall–Kier alpha value is -2.56. The molecule has 2 rings (SSSR count). The number of pyridine rings is 1. The molecule has 5 heteroatoms. The first kappa shape index (κ1) is 18.8. The number of aromatic nitrogens is 1. The molecule has 0 fully saturated rings. The van der Waals surface area contributed by atoms with Crippen molar-refractivity contribution in [2.45, 2.75) is 40.3 Å². The van der Waals surface area contributed by atoms with Crippen molar-refractivity contribution >= 4 is 5.91 Å². The van der Waals surface area contributed by atoms with Gasteiger partial charge in [0.05, 0.1) is 12.7 Å². The summed E-state index contributed by atoms with van der Waals surface area (Å²) in [6, 6.07) is 11.1. The number of nitrogens with zero attached hydrogens (tertiary/aromatic N) is 1. The smallest absolute Gasteiger partial charge is 0.253 e. The Bertz CT molecular complexity index is 706. The van der Waals surface area contributed by atoms with Crippen LogP contribution < -0.4 is 14.8 Å². The second kappa shape index (κ2) is 8.01. The highest BCUT2D eigenvalue weighted by Crippen LogP contribution is 2.19. The van der Waals surface area contributed by atoms with Gasteiger partial charge in [-0.25, -0.2) is 4.98 Å². The molecule has 134 valence electrons.